The molecule has 1 aromatic rings. The molecule has 0 bridgehead atoms. The normalized spacial score (nSPS) is 9.70. The molecule has 0 aromatic heterocycles. The van der Waals surface area contributed by atoms with Crippen molar-refractivity contribution < 1.29 is 14.5 Å². The van der Waals surface area contributed by atoms with Crippen molar-refractivity contribution in [3.05, 3.63) is 33.9 Å². The lowest BCUT2D eigenvalue weighted by atomic mass is 10.1. The van der Waals surface area contributed by atoms with Crippen LogP contribution < -0.4 is 16.0 Å². The van der Waals surface area contributed by atoms with Gasteiger partial charge < -0.3 is 16.0 Å². The van der Waals surface area contributed by atoms with Crippen LogP contribution in [0, 0.1) is 10.1 Å². The number of anilines is 1. The molecule has 8 nitrogen and oxygen atoms in total. The Hall–Kier alpha value is -2.64. The van der Waals surface area contributed by atoms with E-state index in [2.05, 4.69) is 16.0 Å². The van der Waals surface area contributed by atoms with Gasteiger partial charge in [0.1, 0.15) is 5.56 Å². The van der Waals surface area contributed by atoms with E-state index in [0.29, 0.717) is 5.69 Å². The first kappa shape index (κ1) is 15.4. The molecular weight excluding hydrogens is 264 g/mol. The Bertz CT molecular complexity index is 530. The molecule has 3 N–H and O–H groups in total. The smallest absolute Gasteiger partial charge is 0.282 e. The van der Waals surface area contributed by atoms with E-state index >= 15 is 0 Å². The third-order valence-corrected chi connectivity index (χ3v) is 2.51. The van der Waals surface area contributed by atoms with Crippen LogP contribution in [0.15, 0.2) is 18.2 Å². The second-order valence-corrected chi connectivity index (χ2v) is 3.98. The summed E-state index contributed by atoms with van der Waals surface area (Å²) >= 11 is 0. The van der Waals surface area contributed by atoms with Crippen molar-refractivity contribution in [1.82, 2.24) is 10.6 Å². The molecule has 0 radical (unpaired) electrons. The van der Waals surface area contributed by atoms with Crippen molar-refractivity contribution in [2.45, 2.75) is 6.92 Å². The molecule has 0 atom stereocenters. The summed E-state index contributed by atoms with van der Waals surface area (Å²) in [5, 5.41) is 18.7. The van der Waals surface area contributed by atoms with Gasteiger partial charge in [-0.3, -0.25) is 19.7 Å². The number of nitrogens with one attached hydrogen (secondary N) is 3. The minimum absolute atomic E-state index is 0.0234. The minimum Gasteiger partial charge on any atom is -0.388 e. The van der Waals surface area contributed by atoms with Crippen molar-refractivity contribution in [3.8, 4) is 0 Å². The zero-order valence-corrected chi connectivity index (χ0v) is 11.2. The first-order valence-corrected chi connectivity index (χ1v) is 5.94. The van der Waals surface area contributed by atoms with Gasteiger partial charge in [0.05, 0.1) is 4.92 Å². The van der Waals surface area contributed by atoms with Crippen molar-refractivity contribution >= 4 is 23.2 Å². The van der Waals surface area contributed by atoms with Crippen LogP contribution in [0.2, 0.25) is 0 Å². The molecule has 0 aliphatic heterocycles. The number of hydrogen-bond donors (Lipinski definition) is 3. The standard InChI is InChI=1S/C12H16N4O4/c1-8(17)14-5-6-15-12(18)10-7-9(13-2)3-4-11(10)16(19)20/h3-4,7,13H,5-6H2,1-2H3,(H,14,17)(H,15,18). The van der Waals surface area contributed by atoms with E-state index in [1.54, 1.807) is 7.05 Å². The third-order valence-electron chi connectivity index (χ3n) is 2.51. The maximum atomic E-state index is 11.9. The highest BCUT2D eigenvalue weighted by Gasteiger charge is 2.20. The highest BCUT2D eigenvalue weighted by Crippen LogP contribution is 2.22. The molecule has 2 amide bonds. The SMILES string of the molecule is CNc1ccc([N+](=O)[O-])c(C(=O)NCCNC(C)=O)c1. The Morgan fingerprint density at radius 2 is 1.90 bits per heavy atom. The number of carbonyl (C=O) groups excluding carboxylic acids is 2. The van der Waals surface area contributed by atoms with Gasteiger partial charge in [-0.05, 0) is 12.1 Å². The lowest BCUT2D eigenvalue weighted by Crippen LogP contribution is -2.33. The Kier molecular flexibility index (Phi) is 5.45. The Morgan fingerprint density at radius 1 is 1.25 bits per heavy atom. The Morgan fingerprint density at radius 3 is 2.45 bits per heavy atom. The number of amides is 2. The largest absolute Gasteiger partial charge is 0.388 e. The quantitative estimate of drug-likeness (QED) is 0.399. The van der Waals surface area contributed by atoms with Gasteiger partial charge >= 0.3 is 0 Å². The molecule has 0 unspecified atom stereocenters. The number of rotatable bonds is 6. The zero-order chi connectivity index (χ0) is 15.1. The van der Waals surface area contributed by atoms with Crippen LogP contribution in [0.25, 0.3) is 0 Å². The summed E-state index contributed by atoms with van der Waals surface area (Å²) in [6, 6.07) is 4.20. The van der Waals surface area contributed by atoms with Crippen molar-refractivity contribution in [1.29, 1.82) is 0 Å². The minimum atomic E-state index is -0.609. The molecule has 8 heteroatoms. The van der Waals surface area contributed by atoms with E-state index in [1.165, 1.54) is 25.1 Å². The Balaban J connectivity index is 2.79. The summed E-state index contributed by atoms with van der Waals surface area (Å²) in [6.45, 7) is 1.82. The number of carbonyl (C=O) groups is 2. The van der Waals surface area contributed by atoms with Gasteiger partial charge in [-0.15, -0.1) is 0 Å². The number of nitro groups is 1. The van der Waals surface area contributed by atoms with Crippen LogP contribution in [0.4, 0.5) is 11.4 Å². The summed E-state index contributed by atoms with van der Waals surface area (Å²) in [5.74, 6) is -0.762. The molecule has 0 spiro atoms. The van der Waals surface area contributed by atoms with E-state index in [1.807, 2.05) is 0 Å². The van der Waals surface area contributed by atoms with Crippen LogP contribution in [-0.4, -0.2) is 36.9 Å². The van der Waals surface area contributed by atoms with Gasteiger partial charge in [0.2, 0.25) is 5.91 Å². The van der Waals surface area contributed by atoms with Gasteiger partial charge in [0.15, 0.2) is 0 Å². The molecule has 0 saturated carbocycles. The molecule has 0 fully saturated rings. The average Bonchev–Trinajstić information content (AvgIpc) is 2.42. The van der Waals surface area contributed by atoms with E-state index < -0.39 is 10.8 Å². The molecule has 1 aromatic carbocycles. The molecule has 0 heterocycles. The first-order valence-electron chi connectivity index (χ1n) is 5.94. The van der Waals surface area contributed by atoms with Crippen LogP contribution in [0.1, 0.15) is 17.3 Å². The highest BCUT2D eigenvalue weighted by atomic mass is 16.6. The summed E-state index contributed by atoms with van der Waals surface area (Å²) < 4.78 is 0. The molecule has 0 saturated heterocycles. The number of hydrogen-bond acceptors (Lipinski definition) is 5. The van der Waals surface area contributed by atoms with E-state index in [9.17, 15) is 19.7 Å². The average molecular weight is 280 g/mol. The second kappa shape index (κ2) is 7.07. The Labute approximate surface area is 115 Å². The van der Waals surface area contributed by atoms with Gasteiger partial charge in [0.25, 0.3) is 11.6 Å². The van der Waals surface area contributed by atoms with Crippen molar-refractivity contribution in [2.24, 2.45) is 0 Å². The van der Waals surface area contributed by atoms with Crippen molar-refractivity contribution in [2.75, 3.05) is 25.5 Å². The lowest BCUT2D eigenvalue weighted by Gasteiger charge is -2.08. The van der Waals surface area contributed by atoms with Crippen molar-refractivity contribution in [3.63, 3.8) is 0 Å². The number of nitro benzene ring substituents is 1. The number of benzene rings is 1. The maximum Gasteiger partial charge on any atom is 0.282 e. The fourth-order valence-electron chi connectivity index (χ4n) is 1.54. The van der Waals surface area contributed by atoms with Crippen LogP contribution in [-0.2, 0) is 4.79 Å². The van der Waals surface area contributed by atoms with E-state index in [4.69, 9.17) is 0 Å². The molecular formula is C12H16N4O4. The van der Waals surface area contributed by atoms with Gasteiger partial charge in [-0.1, -0.05) is 0 Å². The summed E-state index contributed by atoms with van der Waals surface area (Å²) in [6.07, 6.45) is 0. The summed E-state index contributed by atoms with van der Waals surface area (Å²) in [5.41, 5.74) is 0.313. The van der Waals surface area contributed by atoms with Crippen LogP contribution >= 0.6 is 0 Å². The fraction of sp³-hybridized carbons (Fsp3) is 0.333. The van der Waals surface area contributed by atoms with Gasteiger partial charge in [-0.25, -0.2) is 0 Å². The third kappa shape index (κ3) is 4.23. The molecule has 108 valence electrons. The molecule has 1 rings (SSSR count). The maximum absolute atomic E-state index is 11.9. The summed E-state index contributed by atoms with van der Waals surface area (Å²) in [4.78, 5) is 32.9. The highest BCUT2D eigenvalue weighted by molar-refractivity contribution is 5.99. The summed E-state index contributed by atoms with van der Waals surface area (Å²) in [7, 11) is 1.65. The molecule has 0 aliphatic rings. The fourth-order valence-corrected chi connectivity index (χ4v) is 1.54. The lowest BCUT2D eigenvalue weighted by molar-refractivity contribution is -0.385. The van der Waals surface area contributed by atoms with Gasteiger partial charge in [-0.2, -0.15) is 0 Å². The monoisotopic (exact) mass is 280 g/mol. The topological polar surface area (TPSA) is 113 Å². The zero-order valence-electron chi connectivity index (χ0n) is 11.2. The number of nitrogens with zero attached hydrogens (tertiary/aromatic N) is 1. The predicted molar refractivity (Wildman–Crippen MR) is 73.7 cm³/mol. The molecule has 20 heavy (non-hydrogen) atoms. The first-order chi connectivity index (χ1) is 9.45. The van der Waals surface area contributed by atoms with Crippen LogP contribution in [0.3, 0.4) is 0 Å². The predicted octanol–water partition coefficient (Wildman–Crippen LogP) is 0.502. The van der Waals surface area contributed by atoms with E-state index in [-0.39, 0.29) is 30.2 Å². The van der Waals surface area contributed by atoms with Crippen LogP contribution in [0.5, 0.6) is 0 Å². The second-order valence-electron chi connectivity index (χ2n) is 3.98. The van der Waals surface area contributed by atoms with Gasteiger partial charge in [0, 0.05) is 38.8 Å². The van der Waals surface area contributed by atoms with E-state index in [0.717, 1.165) is 0 Å². The molecule has 0 aliphatic carbocycles.